The Kier molecular flexibility index (Phi) is 3.93. The minimum Gasteiger partial charge on any atom is -0.497 e. The van der Waals surface area contributed by atoms with E-state index in [0.717, 1.165) is 10.2 Å². The van der Waals surface area contributed by atoms with Crippen LogP contribution in [-0.2, 0) is 0 Å². The van der Waals surface area contributed by atoms with E-state index in [-0.39, 0.29) is 0 Å². The lowest BCUT2D eigenvalue weighted by molar-refractivity contribution is 0.412. The average molecular weight is 319 g/mol. The summed E-state index contributed by atoms with van der Waals surface area (Å²) in [4.78, 5) is 0. The normalized spacial score (nSPS) is 9.74. The Bertz CT molecular complexity index is 650. The Morgan fingerprint density at radius 2 is 1.89 bits per heavy atom. The van der Waals surface area contributed by atoms with Gasteiger partial charge in [-0.15, -0.1) is 0 Å². The maximum absolute atomic E-state index is 8.78. The van der Waals surface area contributed by atoms with Crippen LogP contribution in [0, 0.1) is 11.3 Å². The van der Waals surface area contributed by atoms with Crippen molar-refractivity contribution in [3.05, 3.63) is 46.4 Å². The number of nitrogen functional groups attached to an aromatic ring is 1. The highest BCUT2D eigenvalue weighted by Gasteiger charge is 2.07. The molecule has 96 valence electrons. The van der Waals surface area contributed by atoms with E-state index < -0.39 is 0 Å². The molecule has 2 rings (SSSR count). The molecule has 0 bridgehead atoms. The first-order valence-electron chi connectivity index (χ1n) is 5.45. The number of anilines is 1. The van der Waals surface area contributed by atoms with Gasteiger partial charge in [-0.3, -0.25) is 0 Å². The molecule has 2 aromatic rings. The summed E-state index contributed by atoms with van der Waals surface area (Å²) in [6.07, 6.45) is 0. The predicted octanol–water partition coefficient (Wildman–Crippen LogP) is 3.70. The lowest BCUT2D eigenvalue weighted by Gasteiger charge is -2.11. The van der Waals surface area contributed by atoms with Crippen molar-refractivity contribution >= 4 is 21.6 Å². The summed E-state index contributed by atoms with van der Waals surface area (Å²) in [5.74, 6) is 1.86. The Labute approximate surface area is 119 Å². The zero-order valence-electron chi connectivity index (χ0n) is 10.2. The number of halogens is 1. The summed E-state index contributed by atoms with van der Waals surface area (Å²) in [5, 5.41) is 8.78. The van der Waals surface area contributed by atoms with Crippen LogP contribution in [0.5, 0.6) is 17.2 Å². The first-order chi connectivity index (χ1) is 9.13. The van der Waals surface area contributed by atoms with E-state index in [1.807, 2.05) is 6.07 Å². The van der Waals surface area contributed by atoms with Crippen LogP contribution in [0.1, 0.15) is 5.56 Å². The monoisotopic (exact) mass is 318 g/mol. The van der Waals surface area contributed by atoms with Gasteiger partial charge in [0, 0.05) is 0 Å². The standard InChI is InChI=1S/C14H11BrN2O2/c1-18-10-3-5-13(11(15)7-10)19-14-4-2-9(8-16)6-12(14)17/h2-7H,17H2,1H3. The zero-order chi connectivity index (χ0) is 13.8. The van der Waals surface area contributed by atoms with Gasteiger partial charge in [0.25, 0.3) is 0 Å². The van der Waals surface area contributed by atoms with E-state index in [0.29, 0.717) is 22.7 Å². The van der Waals surface area contributed by atoms with Gasteiger partial charge >= 0.3 is 0 Å². The van der Waals surface area contributed by atoms with E-state index in [2.05, 4.69) is 15.9 Å². The first kappa shape index (κ1) is 13.2. The van der Waals surface area contributed by atoms with Gasteiger partial charge in [0.05, 0.1) is 28.9 Å². The molecule has 0 saturated heterocycles. The number of rotatable bonds is 3. The summed E-state index contributed by atoms with van der Waals surface area (Å²) >= 11 is 3.40. The SMILES string of the molecule is COc1ccc(Oc2ccc(C#N)cc2N)c(Br)c1. The van der Waals surface area contributed by atoms with Gasteiger partial charge < -0.3 is 15.2 Å². The summed E-state index contributed by atoms with van der Waals surface area (Å²) in [6.45, 7) is 0. The molecule has 4 nitrogen and oxygen atoms in total. The second kappa shape index (κ2) is 5.63. The summed E-state index contributed by atoms with van der Waals surface area (Å²) in [6, 6.07) is 12.3. The number of ether oxygens (including phenoxy) is 2. The third kappa shape index (κ3) is 2.98. The molecule has 0 amide bonds. The molecule has 19 heavy (non-hydrogen) atoms. The third-order valence-corrected chi connectivity index (χ3v) is 3.12. The van der Waals surface area contributed by atoms with Crippen LogP contribution < -0.4 is 15.2 Å². The number of nitriles is 1. The van der Waals surface area contributed by atoms with Crippen LogP contribution in [0.25, 0.3) is 0 Å². The highest BCUT2D eigenvalue weighted by Crippen LogP contribution is 2.35. The van der Waals surface area contributed by atoms with Crippen molar-refractivity contribution < 1.29 is 9.47 Å². The number of hydrogen-bond donors (Lipinski definition) is 1. The van der Waals surface area contributed by atoms with Crippen molar-refractivity contribution in [3.63, 3.8) is 0 Å². The minimum atomic E-state index is 0.418. The minimum absolute atomic E-state index is 0.418. The van der Waals surface area contributed by atoms with E-state index in [1.54, 1.807) is 43.5 Å². The fourth-order valence-electron chi connectivity index (χ4n) is 1.52. The molecule has 0 aliphatic rings. The van der Waals surface area contributed by atoms with Crippen molar-refractivity contribution in [2.45, 2.75) is 0 Å². The average Bonchev–Trinajstić information content (AvgIpc) is 2.42. The van der Waals surface area contributed by atoms with Crippen LogP contribution in [0.15, 0.2) is 40.9 Å². The second-order valence-electron chi connectivity index (χ2n) is 3.76. The van der Waals surface area contributed by atoms with Crippen LogP contribution in [0.4, 0.5) is 5.69 Å². The number of nitrogens with two attached hydrogens (primary N) is 1. The molecule has 0 radical (unpaired) electrons. The lowest BCUT2D eigenvalue weighted by atomic mass is 10.2. The van der Waals surface area contributed by atoms with Gasteiger partial charge in [0.1, 0.15) is 17.2 Å². The highest BCUT2D eigenvalue weighted by atomic mass is 79.9. The predicted molar refractivity (Wildman–Crippen MR) is 76.3 cm³/mol. The Morgan fingerprint density at radius 3 is 2.47 bits per heavy atom. The molecule has 0 unspecified atom stereocenters. The number of nitrogens with zero attached hydrogens (tertiary/aromatic N) is 1. The Hall–Kier alpha value is -2.19. The van der Waals surface area contributed by atoms with Crippen molar-refractivity contribution in [2.75, 3.05) is 12.8 Å². The maximum atomic E-state index is 8.78. The fraction of sp³-hybridized carbons (Fsp3) is 0.0714. The van der Waals surface area contributed by atoms with Crippen LogP contribution in [0.3, 0.4) is 0 Å². The molecule has 0 fully saturated rings. The molecule has 2 N–H and O–H groups in total. The molecule has 0 aromatic heterocycles. The molecule has 0 saturated carbocycles. The zero-order valence-corrected chi connectivity index (χ0v) is 11.8. The molecule has 2 aromatic carbocycles. The molecule has 0 atom stereocenters. The number of methoxy groups -OCH3 is 1. The maximum Gasteiger partial charge on any atom is 0.150 e. The lowest BCUT2D eigenvalue weighted by Crippen LogP contribution is -1.94. The van der Waals surface area contributed by atoms with Crippen LogP contribution in [0.2, 0.25) is 0 Å². The summed E-state index contributed by atoms with van der Waals surface area (Å²) < 4.78 is 11.6. The van der Waals surface area contributed by atoms with Crippen molar-refractivity contribution in [1.29, 1.82) is 5.26 Å². The van der Waals surface area contributed by atoms with Crippen LogP contribution >= 0.6 is 15.9 Å². The Balaban J connectivity index is 2.29. The van der Waals surface area contributed by atoms with E-state index in [9.17, 15) is 0 Å². The third-order valence-electron chi connectivity index (χ3n) is 2.50. The van der Waals surface area contributed by atoms with E-state index in [4.69, 9.17) is 20.5 Å². The number of hydrogen-bond acceptors (Lipinski definition) is 4. The largest absolute Gasteiger partial charge is 0.497 e. The van der Waals surface area contributed by atoms with Gasteiger partial charge in [0.2, 0.25) is 0 Å². The van der Waals surface area contributed by atoms with E-state index >= 15 is 0 Å². The Morgan fingerprint density at radius 1 is 1.16 bits per heavy atom. The van der Waals surface area contributed by atoms with Crippen molar-refractivity contribution in [3.8, 4) is 23.3 Å². The molecule has 0 aliphatic carbocycles. The molecular weight excluding hydrogens is 308 g/mol. The topological polar surface area (TPSA) is 68.3 Å². The van der Waals surface area contributed by atoms with Gasteiger partial charge in [-0.05, 0) is 52.3 Å². The van der Waals surface area contributed by atoms with Gasteiger partial charge in [-0.2, -0.15) is 5.26 Å². The number of benzene rings is 2. The molecule has 5 heteroatoms. The second-order valence-corrected chi connectivity index (χ2v) is 4.62. The quantitative estimate of drug-likeness (QED) is 0.876. The molecule has 0 heterocycles. The van der Waals surface area contributed by atoms with E-state index in [1.165, 1.54) is 0 Å². The van der Waals surface area contributed by atoms with Crippen LogP contribution in [-0.4, -0.2) is 7.11 Å². The molecule has 0 aliphatic heterocycles. The first-order valence-corrected chi connectivity index (χ1v) is 6.24. The summed E-state index contributed by atoms with van der Waals surface area (Å²) in [5.41, 5.74) is 6.75. The van der Waals surface area contributed by atoms with Gasteiger partial charge in [-0.25, -0.2) is 0 Å². The van der Waals surface area contributed by atoms with Gasteiger partial charge in [-0.1, -0.05) is 0 Å². The highest BCUT2D eigenvalue weighted by molar-refractivity contribution is 9.10. The van der Waals surface area contributed by atoms with Crippen molar-refractivity contribution in [2.24, 2.45) is 0 Å². The van der Waals surface area contributed by atoms with Gasteiger partial charge in [0.15, 0.2) is 0 Å². The van der Waals surface area contributed by atoms with Crippen molar-refractivity contribution in [1.82, 2.24) is 0 Å². The molecular formula is C14H11BrN2O2. The smallest absolute Gasteiger partial charge is 0.150 e. The molecule has 0 spiro atoms. The summed E-state index contributed by atoms with van der Waals surface area (Å²) in [7, 11) is 1.60. The fourth-order valence-corrected chi connectivity index (χ4v) is 1.96.